The fourth-order valence-electron chi connectivity index (χ4n) is 0.849. The molecule has 0 amide bonds. The maximum absolute atomic E-state index is 10.7. The van der Waals surface area contributed by atoms with Gasteiger partial charge in [0.2, 0.25) is 5.76 Å². The Labute approximate surface area is 68.6 Å². The minimum atomic E-state index is -0.862. The van der Waals surface area contributed by atoms with E-state index < -0.39 is 23.8 Å². The minimum absolute atomic E-state index is 0.118. The van der Waals surface area contributed by atoms with Crippen LogP contribution in [0.25, 0.3) is 0 Å². The summed E-state index contributed by atoms with van der Waals surface area (Å²) in [5.41, 5.74) is 0. The molecule has 0 saturated heterocycles. The molecule has 0 saturated carbocycles. The Morgan fingerprint density at radius 2 is 2.25 bits per heavy atom. The molecule has 0 aromatic heterocycles. The molecule has 1 aliphatic heterocycles. The molecule has 1 atom stereocenters. The first-order chi connectivity index (χ1) is 5.52. The summed E-state index contributed by atoms with van der Waals surface area (Å²) < 4.78 is 9.10. The summed E-state index contributed by atoms with van der Waals surface area (Å²) in [7, 11) is 0. The van der Waals surface area contributed by atoms with Gasteiger partial charge in [0.15, 0.2) is 11.9 Å². The molecule has 0 fully saturated rings. The fourth-order valence-corrected chi connectivity index (χ4v) is 0.849. The van der Waals surface area contributed by atoms with Crippen LogP contribution < -0.4 is 0 Å². The SMILES string of the molecule is CC(=O)OC1=C(O)C(=O)OC1C. The number of carbonyl (C=O) groups is 2. The Balaban J connectivity index is 2.85. The molecule has 1 rings (SSSR count). The fraction of sp³-hybridized carbons (Fsp3) is 0.429. The predicted octanol–water partition coefficient (Wildman–Crippen LogP) is 0.264. The third kappa shape index (κ3) is 1.39. The zero-order valence-corrected chi connectivity index (χ0v) is 6.66. The summed E-state index contributed by atoms with van der Waals surface area (Å²) in [6.45, 7) is 2.68. The van der Waals surface area contributed by atoms with Gasteiger partial charge in [-0.05, 0) is 6.92 Å². The van der Waals surface area contributed by atoms with Crippen molar-refractivity contribution in [1.29, 1.82) is 0 Å². The van der Waals surface area contributed by atoms with Gasteiger partial charge in [-0.3, -0.25) is 4.79 Å². The molecular formula is C7H8O5. The molecule has 5 heteroatoms. The quantitative estimate of drug-likeness (QED) is 0.574. The van der Waals surface area contributed by atoms with Crippen LogP contribution in [0.3, 0.4) is 0 Å². The number of aliphatic hydroxyl groups excluding tert-OH is 1. The van der Waals surface area contributed by atoms with Gasteiger partial charge in [-0.2, -0.15) is 0 Å². The zero-order valence-electron chi connectivity index (χ0n) is 6.66. The summed E-state index contributed by atoms with van der Waals surface area (Å²) in [4.78, 5) is 21.1. The molecule has 5 nitrogen and oxygen atoms in total. The van der Waals surface area contributed by atoms with E-state index in [1.54, 1.807) is 0 Å². The Morgan fingerprint density at radius 3 is 2.58 bits per heavy atom. The molecule has 1 N–H and O–H groups in total. The molecule has 1 aliphatic rings. The number of hydrogen-bond donors (Lipinski definition) is 1. The van der Waals surface area contributed by atoms with E-state index in [4.69, 9.17) is 5.11 Å². The summed E-state index contributed by atoms with van der Waals surface area (Å²) in [5.74, 6) is -2.20. The first-order valence-corrected chi connectivity index (χ1v) is 3.35. The lowest BCUT2D eigenvalue weighted by atomic mass is 10.3. The van der Waals surface area contributed by atoms with Gasteiger partial charge in [0.1, 0.15) is 0 Å². The van der Waals surface area contributed by atoms with Gasteiger partial charge in [0.05, 0.1) is 0 Å². The second-order valence-electron chi connectivity index (χ2n) is 2.35. The Hall–Kier alpha value is -1.52. The first kappa shape index (κ1) is 8.58. The number of rotatable bonds is 1. The van der Waals surface area contributed by atoms with Crippen molar-refractivity contribution in [3.05, 3.63) is 11.5 Å². The maximum Gasteiger partial charge on any atom is 0.377 e. The van der Waals surface area contributed by atoms with Gasteiger partial charge in [0, 0.05) is 6.92 Å². The summed E-state index contributed by atoms with van der Waals surface area (Å²) in [5, 5.41) is 9.00. The standard InChI is InChI=1S/C7H8O5/c1-3-6(12-4(2)8)5(9)7(10)11-3/h3,9H,1-2H3. The van der Waals surface area contributed by atoms with Gasteiger partial charge in [0.25, 0.3) is 0 Å². The normalized spacial score (nSPS) is 22.5. The maximum atomic E-state index is 10.7. The van der Waals surface area contributed by atoms with Crippen molar-refractivity contribution in [1.82, 2.24) is 0 Å². The highest BCUT2D eigenvalue weighted by Gasteiger charge is 2.33. The van der Waals surface area contributed by atoms with Crippen LogP contribution in [-0.2, 0) is 19.1 Å². The number of carbonyl (C=O) groups excluding carboxylic acids is 2. The molecule has 0 aliphatic carbocycles. The molecule has 0 aromatic carbocycles. The van der Waals surface area contributed by atoms with Crippen molar-refractivity contribution < 1.29 is 24.2 Å². The van der Waals surface area contributed by atoms with Gasteiger partial charge in [-0.25, -0.2) is 4.79 Å². The second kappa shape index (κ2) is 2.84. The van der Waals surface area contributed by atoms with Crippen molar-refractivity contribution in [2.75, 3.05) is 0 Å². The van der Waals surface area contributed by atoms with Crippen molar-refractivity contribution in [2.24, 2.45) is 0 Å². The highest BCUT2D eigenvalue weighted by atomic mass is 16.6. The molecule has 1 unspecified atom stereocenters. The van der Waals surface area contributed by atoms with Crippen molar-refractivity contribution >= 4 is 11.9 Å². The average Bonchev–Trinajstić information content (AvgIpc) is 2.16. The molecule has 0 bridgehead atoms. The van der Waals surface area contributed by atoms with E-state index in [1.165, 1.54) is 13.8 Å². The zero-order chi connectivity index (χ0) is 9.30. The van der Waals surface area contributed by atoms with Gasteiger partial charge < -0.3 is 14.6 Å². The number of esters is 2. The first-order valence-electron chi connectivity index (χ1n) is 3.35. The summed E-state index contributed by atoms with van der Waals surface area (Å²) >= 11 is 0. The van der Waals surface area contributed by atoms with Crippen LogP contribution in [0.2, 0.25) is 0 Å². The largest absolute Gasteiger partial charge is 0.499 e. The third-order valence-corrected chi connectivity index (χ3v) is 1.33. The lowest BCUT2D eigenvalue weighted by Crippen LogP contribution is -2.10. The third-order valence-electron chi connectivity index (χ3n) is 1.33. The number of aliphatic hydroxyl groups is 1. The van der Waals surface area contributed by atoms with Crippen LogP contribution in [-0.4, -0.2) is 23.1 Å². The number of ether oxygens (including phenoxy) is 2. The summed E-state index contributed by atoms with van der Waals surface area (Å²) in [6.07, 6.45) is -0.693. The van der Waals surface area contributed by atoms with E-state index in [9.17, 15) is 9.59 Å². The lowest BCUT2D eigenvalue weighted by Gasteiger charge is -2.05. The Bertz CT molecular complexity index is 265. The topological polar surface area (TPSA) is 72.8 Å². The Morgan fingerprint density at radius 1 is 1.67 bits per heavy atom. The molecular weight excluding hydrogens is 164 g/mol. The second-order valence-corrected chi connectivity index (χ2v) is 2.35. The van der Waals surface area contributed by atoms with Crippen LogP contribution in [0.5, 0.6) is 0 Å². The van der Waals surface area contributed by atoms with E-state index in [-0.39, 0.29) is 5.76 Å². The van der Waals surface area contributed by atoms with Gasteiger partial charge >= 0.3 is 11.9 Å². The molecule has 12 heavy (non-hydrogen) atoms. The molecule has 66 valence electrons. The number of hydrogen-bond acceptors (Lipinski definition) is 5. The molecule has 1 heterocycles. The lowest BCUT2D eigenvalue weighted by molar-refractivity contribution is -0.144. The van der Waals surface area contributed by atoms with E-state index in [0.717, 1.165) is 0 Å². The number of cyclic esters (lactones) is 1. The van der Waals surface area contributed by atoms with Crippen LogP contribution in [0, 0.1) is 0 Å². The smallest absolute Gasteiger partial charge is 0.377 e. The van der Waals surface area contributed by atoms with Crippen molar-refractivity contribution in [3.8, 4) is 0 Å². The van der Waals surface area contributed by atoms with Crippen LogP contribution in [0.1, 0.15) is 13.8 Å². The highest BCUT2D eigenvalue weighted by molar-refractivity contribution is 5.89. The van der Waals surface area contributed by atoms with E-state index >= 15 is 0 Å². The van der Waals surface area contributed by atoms with Gasteiger partial charge in [-0.15, -0.1) is 0 Å². The predicted molar refractivity (Wildman–Crippen MR) is 37.0 cm³/mol. The monoisotopic (exact) mass is 172 g/mol. The van der Waals surface area contributed by atoms with Crippen LogP contribution in [0.15, 0.2) is 11.5 Å². The molecule has 0 spiro atoms. The van der Waals surface area contributed by atoms with Crippen molar-refractivity contribution in [3.63, 3.8) is 0 Å². The Kier molecular flexibility index (Phi) is 2.03. The van der Waals surface area contributed by atoms with Crippen LogP contribution in [0.4, 0.5) is 0 Å². The molecule has 0 aromatic rings. The summed E-state index contributed by atoms with van der Waals surface area (Å²) in [6, 6.07) is 0. The van der Waals surface area contributed by atoms with Crippen LogP contribution >= 0.6 is 0 Å². The van der Waals surface area contributed by atoms with Gasteiger partial charge in [-0.1, -0.05) is 0 Å². The van der Waals surface area contributed by atoms with E-state index in [0.29, 0.717) is 0 Å². The highest BCUT2D eigenvalue weighted by Crippen LogP contribution is 2.21. The van der Waals surface area contributed by atoms with Crippen molar-refractivity contribution in [2.45, 2.75) is 20.0 Å². The minimum Gasteiger partial charge on any atom is -0.499 e. The molecule has 0 radical (unpaired) electrons. The van der Waals surface area contributed by atoms with E-state index in [1.807, 2.05) is 0 Å². The van der Waals surface area contributed by atoms with E-state index in [2.05, 4.69) is 9.47 Å². The average molecular weight is 172 g/mol.